The number of carboxylic acids is 1. The number of alkyl carbamates (subject to hydrolysis) is 1. The molecule has 2 aromatic rings. The zero-order valence-electron chi connectivity index (χ0n) is 19.4. The van der Waals surface area contributed by atoms with Gasteiger partial charge in [-0.15, -0.1) is 0 Å². The van der Waals surface area contributed by atoms with Crippen LogP contribution >= 0.6 is 0 Å². The Balaban J connectivity index is 1.44. The molecule has 0 fully saturated rings. The van der Waals surface area contributed by atoms with Gasteiger partial charge >= 0.3 is 12.1 Å². The molecule has 2 unspecified atom stereocenters. The van der Waals surface area contributed by atoms with Crippen LogP contribution in [0.2, 0.25) is 0 Å². The lowest BCUT2D eigenvalue weighted by Gasteiger charge is -2.26. The molecule has 7 heteroatoms. The molecule has 176 valence electrons. The summed E-state index contributed by atoms with van der Waals surface area (Å²) in [7, 11) is 1.52. The lowest BCUT2D eigenvalue weighted by molar-refractivity contribution is -0.150. The molecule has 0 heterocycles. The van der Waals surface area contributed by atoms with Gasteiger partial charge in [0.25, 0.3) is 0 Å². The van der Waals surface area contributed by atoms with E-state index in [0.29, 0.717) is 25.8 Å². The van der Waals surface area contributed by atoms with Gasteiger partial charge in [-0.25, -0.2) is 9.59 Å². The molecule has 0 bridgehead atoms. The van der Waals surface area contributed by atoms with E-state index in [9.17, 15) is 19.5 Å². The van der Waals surface area contributed by atoms with Gasteiger partial charge in [-0.1, -0.05) is 62.4 Å². The molecule has 0 radical (unpaired) electrons. The van der Waals surface area contributed by atoms with E-state index >= 15 is 0 Å². The lowest BCUT2D eigenvalue weighted by Crippen LogP contribution is -2.44. The summed E-state index contributed by atoms with van der Waals surface area (Å²) >= 11 is 0. The van der Waals surface area contributed by atoms with Crippen LogP contribution in [-0.4, -0.2) is 54.2 Å². The number of nitrogens with zero attached hydrogens (tertiary/aromatic N) is 1. The number of ether oxygens (including phenoxy) is 1. The van der Waals surface area contributed by atoms with E-state index in [1.165, 1.54) is 23.1 Å². The van der Waals surface area contributed by atoms with E-state index in [4.69, 9.17) is 4.74 Å². The molecule has 33 heavy (non-hydrogen) atoms. The molecule has 2 N–H and O–H groups in total. The molecule has 7 nitrogen and oxygen atoms in total. The van der Waals surface area contributed by atoms with Crippen molar-refractivity contribution in [3.05, 3.63) is 59.7 Å². The minimum atomic E-state index is -1.00. The molecule has 1 aliphatic rings. The number of amides is 2. The molecule has 1 aliphatic carbocycles. The van der Waals surface area contributed by atoms with Crippen LogP contribution in [0.4, 0.5) is 4.79 Å². The Labute approximate surface area is 194 Å². The van der Waals surface area contributed by atoms with E-state index < -0.39 is 18.1 Å². The van der Waals surface area contributed by atoms with Crippen LogP contribution in [0.1, 0.15) is 50.2 Å². The number of hydrogen-bond donors (Lipinski definition) is 2. The first-order chi connectivity index (χ1) is 15.8. The highest BCUT2D eigenvalue weighted by Gasteiger charge is 2.29. The van der Waals surface area contributed by atoms with Gasteiger partial charge in [-0.3, -0.25) is 4.79 Å². The normalized spacial score (nSPS) is 14.0. The Kier molecular flexibility index (Phi) is 8.09. The number of carbonyl (C=O) groups excluding carboxylic acids is 2. The first kappa shape index (κ1) is 24.3. The molecule has 2 amide bonds. The third-order valence-corrected chi connectivity index (χ3v) is 6.34. The zero-order valence-corrected chi connectivity index (χ0v) is 19.4. The number of carboxylic acid groups (broad SMARTS) is 1. The van der Waals surface area contributed by atoms with Gasteiger partial charge in [0, 0.05) is 25.4 Å². The maximum Gasteiger partial charge on any atom is 0.407 e. The number of fused-ring (bicyclic) bond motifs is 3. The van der Waals surface area contributed by atoms with Crippen molar-refractivity contribution in [2.75, 3.05) is 20.2 Å². The van der Waals surface area contributed by atoms with Crippen molar-refractivity contribution in [1.82, 2.24) is 10.2 Å². The van der Waals surface area contributed by atoms with Crippen molar-refractivity contribution in [2.24, 2.45) is 5.92 Å². The summed E-state index contributed by atoms with van der Waals surface area (Å²) in [4.78, 5) is 37.3. The van der Waals surface area contributed by atoms with E-state index in [1.807, 2.05) is 24.3 Å². The number of benzene rings is 2. The van der Waals surface area contributed by atoms with Gasteiger partial charge in [0.15, 0.2) is 0 Å². The second-order valence-corrected chi connectivity index (χ2v) is 8.51. The molecule has 0 saturated heterocycles. The first-order valence-corrected chi connectivity index (χ1v) is 11.4. The lowest BCUT2D eigenvalue weighted by atomic mass is 9.98. The molecule has 0 aromatic heterocycles. The van der Waals surface area contributed by atoms with E-state index in [1.54, 1.807) is 13.8 Å². The molecule has 2 aromatic carbocycles. The highest BCUT2D eigenvalue weighted by atomic mass is 16.5. The van der Waals surface area contributed by atoms with Gasteiger partial charge in [0.2, 0.25) is 5.91 Å². The SMILES string of the molecule is CCC(C(=O)O)N(C)C(=O)C(C)CCCNC(=O)OCC1c2ccccc2-c2ccccc21. The third kappa shape index (κ3) is 5.53. The smallest absolute Gasteiger partial charge is 0.407 e. The van der Waals surface area contributed by atoms with Gasteiger partial charge in [-0.05, 0) is 41.5 Å². The predicted octanol–water partition coefficient (Wildman–Crippen LogP) is 4.26. The number of rotatable bonds is 10. The van der Waals surface area contributed by atoms with Crippen LogP contribution in [-0.2, 0) is 14.3 Å². The summed E-state index contributed by atoms with van der Waals surface area (Å²) in [5.41, 5.74) is 4.68. The monoisotopic (exact) mass is 452 g/mol. The van der Waals surface area contributed by atoms with Crippen LogP contribution < -0.4 is 5.32 Å². The highest BCUT2D eigenvalue weighted by molar-refractivity contribution is 5.84. The van der Waals surface area contributed by atoms with Crippen LogP contribution in [0, 0.1) is 5.92 Å². The summed E-state index contributed by atoms with van der Waals surface area (Å²) in [6, 6.07) is 15.5. The minimum Gasteiger partial charge on any atom is -0.480 e. The van der Waals surface area contributed by atoms with Crippen LogP contribution in [0.5, 0.6) is 0 Å². The number of likely N-dealkylation sites (N-methyl/N-ethyl adjacent to an activating group) is 1. The zero-order chi connectivity index (χ0) is 24.0. The fourth-order valence-electron chi connectivity index (χ4n) is 4.49. The predicted molar refractivity (Wildman–Crippen MR) is 126 cm³/mol. The highest BCUT2D eigenvalue weighted by Crippen LogP contribution is 2.44. The average molecular weight is 453 g/mol. The summed E-state index contributed by atoms with van der Waals surface area (Å²) in [6.07, 6.45) is 1.01. The molecule has 0 aliphatic heterocycles. The average Bonchev–Trinajstić information content (AvgIpc) is 3.13. The van der Waals surface area contributed by atoms with E-state index in [0.717, 1.165) is 11.1 Å². The summed E-state index contributed by atoms with van der Waals surface area (Å²) in [5.74, 6) is -1.52. The Hall–Kier alpha value is -3.35. The number of nitrogens with one attached hydrogen (secondary N) is 1. The third-order valence-electron chi connectivity index (χ3n) is 6.34. The first-order valence-electron chi connectivity index (χ1n) is 11.4. The van der Waals surface area contributed by atoms with Gasteiger partial charge in [-0.2, -0.15) is 0 Å². The molecule has 0 saturated carbocycles. The summed E-state index contributed by atoms with van der Waals surface area (Å²) in [5, 5.41) is 12.0. The molecule has 0 spiro atoms. The van der Waals surface area contributed by atoms with E-state index in [2.05, 4.69) is 29.6 Å². The fraction of sp³-hybridized carbons (Fsp3) is 0.423. The van der Waals surface area contributed by atoms with Crippen molar-refractivity contribution < 1.29 is 24.2 Å². The topological polar surface area (TPSA) is 95.9 Å². The molecule has 2 atom stereocenters. The second-order valence-electron chi connectivity index (χ2n) is 8.51. The minimum absolute atomic E-state index is 0.0112. The van der Waals surface area contributed by atoms with Crippen LogP contribution in [0.3, 0.4) is 0 Å². The quantitative estimate of drug-likeness (QED) is 0.525. The van der Waals surface area contributed by atoms with Gasteiger partial charge in [0.1, 0.15) is 12.6 Å². The summed E-state index contributed by atoms with van der Waals surface area (Å²) in [6.45, 7) is 4.16. The number of hydrogen-bond acceptors (Lipinski definition) is 4. The van der Waals surface area contributed by atoms with Crippen molar-refractivity contribution >= 4 is 18.0 Å². The Bertz CT molecular complexity index is 960. The fourth-order valence-corrected chi connectivity index (χ4v) is 4.49. The molecular weight excluding hydrogens is 420 g/mol. The second kappa shape index (κ2) is 11.0. The van der Waals surface area contributed by atoms with Crippen LogP contribution in [0.25, 0.3) is 11.1 Å². The maximum absolute atomic E-state index is 12.5. The number of aliphatic carboxylic acids is 1. The van der Waals surface area contributed by atoms with Gasteiger partial charge < -0.3 is 20.1 Å². The maximum atomic E-state index is 12.5. The van der Waals surface area contributed by atoms with Crippen LogP contribution in [0.15, 0.2) is 48.5 Å². The van der Waals surface area contributed by atoms with Crippen molar-refractivity contribution in [3.63, 3.8) is 0 Å². The Morgan fingerprint density at radius 1 is 1.06 bits per heavy atom. The standard InChI is InChI=1S/C26H32N2O5/c1-4-23(25(30)31)28(3)24(29)17(2)10-9-15-27-26(32)33-16-22-20-13-7-5-11-18(20)19-12-6-8-14-21(19)22/h5-8,11-14,17,22-23H,4,9-10,15-16H2,1-3H3,(H,27,32)(H,30,31). The molecule has 3 rings (SSSR count). The van der Waals surface area contributed by atoms with Crippen molar-refractivity contribution in [2.45, 2.75) is 45.1 Å². The Morgan fingerprint density at radius 3 is 2.18 bits per heavy atom. The van der Waals surface area contributed by atoms with Crippen molar-refractivity contribution in [1.29, 1.82) is 0 Å². The van der Waals surface area contributed by atoms with Crippen molar-refractivity contribution in [3.8, 4) is 11.1 Å². The van der Waals surface area contributed by atoms with E-state index in [-0.39, 0.29) is 24.3 Å². The molecular formula is C26H32N2O5. The summed E-state index contributed by atoms with van der Waals surface area (Å²) < 4.78 is 5.51. The Morgan fingerprint density at radius 2 is 1.64 bits per heavy atom. The number of carbonyl (C=O) groups is 3. The largest absolute Gasteiger partial charge is 0.480 e. The van der Waals surface area contributed by atoms with Gasteiger partial charge in [0.05, 0.1) is 0 Å².